The second-order valence-corrected chi connectivity index (χ2v) is 7.65. The molecule has 6 nitrogen and oxygen atoms in total. The number of hydrogen-bond acceptors (Lipinski definition) is 5. The van der Waals surface area contributed by atoms with E-state index in [0.29, 0.717) is 17.9 Å². The third-order valence-corrected chi connectivity index (χ3v) is 5.24. The molecule has 1 aromatic rings. The van der Waals surface area contributed by atoms with E-state index >= 15 is 0 Å². The van der Waals surface area contributed by atoms with E-state index in [-0.39, 0.29) is 24.2 Å². The summed E-state index contributed by atoms with van der Waals surface area (Å²) in [5.74, 6) is 0.567. The van der Waals surface area contributed by atoms with Crippen LogP contribution in [0.2, 0.25) is 0 Å². The Morgan fingerprint density at radius 3 is 3.04 bits per heavy atom. The third kappa shape index (κ3) is 5.34. The molecule has 1 N–H and O–H groups in total. The van der Waals surface area contributed by atoms with E-state index in [0.717, 1.165) is 44.6 Å². The molecule has 2 aliphatic rings. The minimum Gasteiger partial charge on any atom is -0.488 e. The molecule has 154 valence electrons. The van der Waals surface area contributed by atoms with Crippen LogP contribution in [0.5, 0.6) is 5.75 Å². The molecule has 0 saturated carbocycles. The number of benzene rings is 1. The monoisotopic (exact) mass is 388 g/mol. The standard InChI is InChI=1S/C22H32N2O4/c1-16(2)27-14-6-11-24-12-10-19(20(15-24)26-3)23-22(25)18-9-4-7-17-8-5-13-28-21(17)18/h4-5,7-9,16,19-20H,6,10-15H2,1-3H3,(H,23,25). The normalized spacial score (nSPS) is 22.0. The lowest BCUT2D eigenvalue weighted by Crippen LogP contribution is -2.55. The Bertz CT molecular complexity index is 689. The molecule has 2 atom stereocenters. The van der Waals surface area contributed by atoms with Crippen molar-refractivity contribution in [1.29, 1.82) is 0 Å². The van der Waals surface area contributed by atoms with Crippen LogP contribution in [0.1, 0.15) is 42.6 Å². The number of methoxy groups -OCH3 is 1. The number of nitrogens with one attached hydrogen (secondary N) is 1. The van der Waals surface area contributed by atoms with Gasteiger partial charge in [-0.15, -0.1) is 0 Å². The van der Waals surface area contributed by atoms with Gasteiger partial charge in [-0.25, -0.2) is 0 Å². The number of ether oxygens (including phenoxy) is 3. The zero-order chi connectivity index (χ0) is 19.9. The highest BCUT2D eigenvalue weighted by atomic mass is 16.5. The van der Waals surface area contributed by atoms with Crippen LogP contribution < -0.4 is 10.1 Å². The molecule has 1 amide bonds. The molecule has 0 bridgehead atoms. The van der Waals surface area contributed by atoms with Crippen molar-refractivity contribution in [3.05, 3.63) is 35.4 Å². The minimum atomic E-state index is -0.0991. The molecule has 0 aromatic heterocycles. The van der Waals surface area contributed by atoms with Gasteiger partial charge in [-0.05, 0) is 38.8 Å². The molecule has 6 heteroatoms. The van der Waals surface area contributed by atoms with Gasteiger partial charge in [0.1, 0.15) is 12.4 Å². The molecule has 0 spiro atoms. The van der Waals surface area contributed by atoms with Crippen molar-refractivity contribution >= 4 is 12.0 Å². The lowest BCUT2D eigenvalue weighted by Gasteiger charge is -2.38. The first-order chi connectivity index (χ1) is 13.6. The number of likely N-dealkylation sites (tertiary alicyclic amines) is 1. The zero-order valence-corrected chi connectivity index (χ0v) is 17.1. The second kappa shape index (κ2) is 10.0. The van der Waals surface area contributed by atoms with Crippen molar-refractivity contribution in [1.82, 2.24) is 10.2 Å². The molecule has 2 unspecified atom stereocenters. The van der Waals surface area contributed by atoms with E-state index in [1.54, 1.807) is 7.11 Å². The molecule has 0 aliphatic carbocycles. The molecule has 0 radical (unpaired) electrons. The van der Waals surface area contributed by atoms with Crippen LogP contribution >= 0.6 is 0 Å². The highest BCUT2D eigenvalue weighted by Crippen LogP contribution is 2.28. The summed E-state index contributed by atoms with van der Waals surface area (Å²) in [6.45, 7) is 8.13. The van der Waals surface area contributed by atoms with Gasteiger partial charge < -0.3 is 24.4 Å². The Labute approximate surface area is 167 Å². The summed E-state index contributed by atoms with van der Waals surface area (Å²) in [5, 5.41) is 3.17. The van der Waals surface area contributed by atoms with Gasteiger partial charge in [0.05, 0.1) is 23.8 Å². The molecular formula is C22H32N2O4. The number of nitrogens with zero attached hydrogens (tertiary/aromatic N) is 1. The molecule has 2 heterocycles. The fourth-order valence-electron chi connectivity index (χ4n) is 3.77. The van der Waals surface area contributed by atoms with Gasteiger partial charge >= 0.3 is 0 Å². The van der Waals surface area contributed by atoms with E-state index in [9.17, 15) is 4.79 Å². The molecule has 2 aliphatic heterocycles. The Morgan fingerprint density at radius 2 is 2.25 bits per heavy atom. The van der Waals surface area contributed by atoms with Crippen LogP contribution in [0.4, 0.5) is 0 Å². The summed E-state index contributed by atoms with van der Waals surface area (Å²) in [5.41, 5.74) is 1.53. The van der Waals surface area contributed by atoms with Gasteiger partial charge in [-0.1, -0.05) is 18.2 Å². The SMILES string of the molecule is COC1CN(CCCOC(C)C)CCC1NC(=O)c1cccc2c1OCC=C2. The number of amides is 1. The molecule has 28 heavy (non-hydrogen) atoms. The number of rotatable bonds is 8. The molecule has 1 aromatic carbocycles. The smallest absolute Gasteiger partial charge is 0.255 e. The molecule has 1 fully saturated rings. The van der Waals surface area contributed by atoms with Crippen LogP contribution in [0.15, 0.2) is 24.3 Å². The van der Waals surface area contributed by atoms with Crippen molar-refractivity contribution in [2.75, 3.05) is 40.0 Å². The fourth-order valence-corrected chi connectivity index (χ4v) is 3.77. The summed E-state index contributed by atoms with van der Waals surface area (Å²) < 4.78 is 17.0. The van der Waals surface area contributed by atoms with E-state index in [1.807, 2.05) is 30.4 Å². The number of carbonyl (C=O) groups is 1. The number of carbonyl (C=O) groups excluding carboxylic acids is 1. The largest absolute Gasteiger partial charge is 0.488 e. The van der Waals surface area contributed by atoms with E-state index in [4.69, 9.17) is 14.2 Å². The van der Waals surface area contributed by atoms with Crippen LogP contribution in [-0.2, 0) is 9.47 Å². The Morgan fingerprint density at radius 1 is 1.39 bits per heavy atom. The van der Waals surface area contributed by atoms with Crippen molar-refractivity contribution in [2.45, 2.75) is 44.9 Å². The van der Waals surface area contributed by atoms with Crippen molar-refractivity contribution in [2.24, 2.45) is 0 Å². The lowest BCUT2D eigenvalue weighted by molar-refractivity contribution is 0.00173. The first kappa shape index (κ1) is 20.8. The van der Waals surface area contributed by atoms with Gasteiger partial charge in [-0.2, -0.15) is 0 Å². The maximum Gasteiger partial charge on any atom is 0.255 e. The maximum atomic E-state index is 12.9. The summed E-state index contributed by atoms with van der Waals surface area (Å²) >= 11 is 0. The van der Waals surface area contributed by atoms with E-state index < -0.39 is 0 Å². The number of para-hydroxylation sites is 1. The van der Waals surface area contributed by atoms with Gasteiger partial charge in [0.25, 0.3) is 5.91 Å². The zero-order valence-electron chi connectivity index (χ0n) is 17.1. The van der Waals surface area contributed by atoms with Crippen LogP contribution in [0.3, 0.4) is 0 Å². The Balaban J connectivity index is 1.55. The van der Waals surface area contributed by atoms with E-state index in [1.165, 1.54) is 0 Å². The van der Waals surface area contributed by atoms with Crippen LogP contribution in [0.25, 0.3) is 6.08 Å². The minimum absolute atomic E-state index is 0.00403. The summed E-state index contributed by atoms with van der Waals surface area (Å²) in [6, 6.07) is 5.67. The Kier molecular flexibility index (Phi) is 7.48. The topological polar surface area (TPSA) is 60.0 Å². The first-order valence-electron chi connectivity index (χ1n) is 10.2. The number of hydrogen-bond donors (Lipinski definition) is 1. The molecule has 3 rings (SSSR count). The summed E-state index contributed by atoms with van der Waals surface area (Å²) in [6.07, 6.45) is 6.07. The van der Waals surface area contributed by atoms with Gasteiger partial charge in [0.2, 0.25) is 0 Å². The van der Waals surface area contributed by atoms with Gasteiger partial charge in [0.15, 0.2) is 0 Å². The quantitative estimate of drug-likeness (QED) is 0.694. The predicted molar refractivity (Wildman–Crippen MR) is 110 cm³/mol. The second-order valence-electron chi connectivity index (χ2n) is 7.65. The maximum absolute atomic E-state index is 12.9. The fraction of sp³-hybridized carbons (Fsp3) is 0.591. The third-order valence-electron chi connectivity index (χ3n) is 5.24. The average Bonchev–Trinajstić information content (AvgIpc) is 2.71. The lowest BCUT2D eigenvalue weighted by atomic mass is 10.00. The van der Waals surface area contributed by atoms with Crippen LogP contribution in [0, 0.1) is 0 Å². The highest BCUT2D eigenvalue weighted by Gasteiger charge is 2.31. The first-order valence-corrected chi connectivity index (χ1v) is 10.2. The van der Waals surface area contributed by atoms with Crippen LogP contribution in [-0.4, -0.2) is 69.0 Å². The van der Waals surface area contributed by atoms with Crippen molar-refractivity contribution < 1.29 is 19.0 Å². The molecular weight excluding hydrogens is 356 g/mol. The summed E-state index contributed by atoms with van der Waals surface area (Å²) in [7, 11) is 1.72. The predicted octanol–water partition coefficient (Wildman–Crippen LogP) is 2.73. The van der Waals surface area contributed by atoms with Crippen molar-refractivity contribution in [3.8, 4) is 5.75 Å². The van der Waals surface area contributed by atoms with Crippen molar-refractivity contribution in [3.63, 3.8) is 0 Å². The average molecular weight is 389 g/mol. The van der Waals surface area contributed by atoms with Gasteiger partial charge in [0, 0.05) is 38.9 Å². The summed E-state index contributed by atoms with van der Waals surface area (Å²) in [4.78, 5) is 15.3. The van der Waals surface area contributed by atoms with E-state index in [2.05, 4.69) is 24.1 Å². The Hall–Kier alpha value is -1.89. The number of fused-ring (bicyclic) bond motifs is 1. The number of piperidine rings is 1. The van der Waals surface area contributed by atoms with Gasteiger partial charge in [-0.3, -0.25) is 4.79 Å². The molecule has 1 saturated heterocycles. The highest BCUT2D eigenvalue weighted by molar-refractivity contribution is 5.98.